The highest BCUT2D eigenvalue weighted by Gasteiger charge is 2.27. The zero-order chi connectivity index (χ0) is 13.4. The third-order valence-electron chi connectivity index (χ3n) is 4.08. The van der Waals surface area contributed by atoms with Gasteiger partial charge in [-0.05, 0) is 45.4 Å². The number of rotatable bonds is 3. The molecule has 19 heavy (non-hydrogen) atoms. The van der Waals surface area contributed by atoms with E-state index >= 15 is 0 Å². The Balaban J connectivity index is 1.89. The van der Waals surface area contributed by atoms with Crippen molar-refractivity contribution in [3.05, 3.63) is 35.4 Å². The quantitative estimate of drug-likeness (QED) is 0.802. The number of hydrogen-bond acceptors (Lipinski definition) is 2. The monoisotopic (exact) mass is 277 g/mol. The largest absolute Gasteiger partial charge is 0.298 e. The Kier molecular flexibility index (Phi) is 3.50. The maximum atomic E-state index is 6.30. The van der Waals surface area contributed by atoms with E-state index in [4.69, 9.17) is 11.6 Å². The summed E-state index contributed by atoms with van der Waals surface area (Å²) in [6.45, 7) is 5.75. The third-order valence-corrected chi connectivity index (χ3v) is 4.38. The highest BCUT2D eigenvalue weighted by atomic mass is 35.5. The van der Waals surface area contributed by atoms with Crippen LogP contribution in [0.15, 0.2) is 24.4 Å². The molecule has 3 nitrogen and oxygen atoms in total. The minimum Gasteiger partial charge on any atom is -0.298 e. The molecule has 0 N–H and O–H groups in total. The van der Waals surface area contributed by atoms with Crippen molar-refractivity contribution >= 4 is 17.1 Å². The summed E-state index contributed by atoms with van der Waals surface area (Å²) >= 11 is 6.30. The summed E-state index contributed by atoms with van der Waals surface area (Å²) in [5.74, 6) is 1.08. The second-order valence-corrected chi connectivity index (χ2v) is 6.00. The zero-order valence-electron chi connectivity index (χ0n) is 11.5. The van der Waals surface area contributed by atoms with Crippen LogP contribution in [0.1, 0.15) is 32.5 Å². The molecule has 4 heteroatoms. The first kappa shape index (κ1) is 12.9. The molecular formula is C15H20ClN3. The number of aromatic nitrogens is 2. The molecule has 1 aliphatic rings. The van der Waals surface area contributed by atoms with Crippen LogP contribution in [0.25, 0.3) is 5.52 Å². The first-order valence-corrected chi connectivity index (χ1v) is 7.41. The molecule has 3 rings (SSSR count). The number of hydrogen-bond donors (Lipinski definition) is 0. The molecule has 2 aromatic rings. The molecule has 0 spiro atoms. The summed E-state index contributed by atoms with van der Waals surface area (Å²) in [6.07, 6.45) is 5.45. The minimum absolute atomic E-state index is 0.599. The summed E-state index contributed by atoms with van der Waals surface area (Å²) < 4.78 is 2.07. The fourth-order valence-corrected chi connectivity index (χ4v) is 3.45. The molecular weight excluding hydrogens is 258 g/mol. The normalized spacial score (nSPS) is 20.7. The van der Waals surface area contributed by atoms with Crippen molar-refractivity contribution in [2.75, 3.05) is 6.54 Å². The van der Waals surface area contributed by atoms with Gasteiger partial charge in [0.15, 0.2) is 0 Å². The number of imidazole rings is 1. The lowest BCUT2D eigenvalue weighted by atomic mass is 10.1. The smallest absolute Gasteiger partial charge is 0.115 e. The van der Waals surface area contributed by atoms with Gasteiger partial charge in [-0.15, -0.1) is 0 Å². The summed E-state index contributed by atoms with van der Waals surface area (Å²) in [5, 5.41) is 0.749. The number of nitrogens with zero attached hydrogens (tertiary/aromatic N) is 3. The van der Waals surface area contributed by atoms with Gasteiger partial charge in [0, 0.05) is 18.5 Å². The van der Waals surface area contributed by atoms with Gasteiger partial charge in [0.05, 0.1) is 11.7 Å². The van der Waals surface area contributed by atoms with Crippen LogP contribution in [0.2, 0.25) is 5.15 Å². The molecule has 0 aromatic carbocycles. The Morgan fingerprint density at radius 2 is 2.26 bits per heavy atom. The van der Waals surface area contributed by atoms with Gasteiger partial charge < -0.3 is 0 Å². The Labute approximate surface area is 119 Å². The van der Waals surface area contributed by atoms with Crippen LogP contribution in [0.4, 0.5) is 0 Å². The van der Waals surface area contributed by atoms with E-state index in [9.17, 15) is 0 Å². The number of fused-ring (bicyclic) bond motifs is 1. The van der Waals surface area contributed by atoms with Gasteiger partial charge in [-0.25, -0.2) is 4.98 Å². The molecule has 102 valence electrons. The predicted octanol–water partition coefficient (Wildman–Crippen LogP) is 3.40. The Hall–Kier alpha value is -1.06. The highest BCUT2D eigenvalue weighted by Crippen LogP contribution is 2.24. The third kappa shape index (κ3) is 2.37. The van der Waals surface area contributed by atoms with E-state index in [0.717, 1.165) is 22.9 Å². The van der Waals surface area contributed by atoms with E-state index in [1.807, 2.05) is 18.3 Å². The lowest BCUT2D eigenvalue weighted by Gasteiger charge is -2.27. The predicted molar refractivity (Wildman–Crippen MR) is 78.8 cm³/mol. The molecule has 0 bridgehead atoms. The maximum Gasteiger partial charge on any atom is 0.115 e. The first-order valence-electron chi connectivity index (χ1n) is 7.03. The lowest BCUT2D eigenvalue weighted by molar-refractivity contribution is 0.201. The molecule has 2 aromatic heterocycles. The van der Waals surface area contributed by atoms with Crippen molar-refractivity contribution in [3.8, 4) is 0 Å². The lowest BCUT2D eigenvalue weighted by Crippen LogP contribution is -2.37. The summed E-state index contributed by atoms with van der Waals surface area (Å²) in [4.78, 5) is 7.15. The van der Waals surface area contributed by atoms with Gasteiger partial charge in [-0.2, -0.15) is 0 Å². The van der Waals surface area contributed by atoms with Gasteiger partial charge in [-0.1, -0.05) is 17.7 Å². The van der Waals surface area contributed by atoms with Crippen molar-refractivity contribution < 1.29 is 0 Å². The Morgan fingerprint density at radius 3 is 3.05 bits per heavy atom. The fourth-order valence-electron chi connectivity index (χ4n) is 3.18. The molecule has 1 fully saturated rings. The van der Waals surface area contributed by atoms with Crippen molar-refractivity contribution in [1.82, 2.24) is 14.3 Å². The number of halogens is 1. The fraction of sp³-hybridized carbons (Fsp3) is 0.533. The molecule has 1 aliphatic heterocycles. The molecule has 1 atom stereocenters. The molecule has 1 unspecified atom stereocenters. The van der Waals surface area contributed by atoms with Crippen LogP contribution in [0, 0.1) is 0 Å². The van der Waals surface area contributed by atoms with Crippen molar-refractivity contribution in [1.29, 1.82) is 0 Å². The molecule has 0 saturated carbocycles. The maximum absolute atomic E-state index is 6.30. The highest BCUT2D eigenvalue weighted by molar-refractivity contribution is 6.29. The average Bonchev–Trinajstić information content (AvgIpc) is 2.98. The number of pyridine rings is 1. The second kappa shape index (κ2) is 5.14. The molecule has 3 heterocycles. The van der Waals surface area contributed by atoms with Crippen LogP contribution in [0.5, 0.6) is 0 Å². The molecule has 0 aliphatic carbocycles. The van der Waals surface area contributed by atoms with Crippen molar-refractivity contribution in [2.24, 2.45) is 0 Å². The minimum atomic E-state index is 0.599. The van der Waals surface area contributed by atoms with Crippen LogP contribution >= 0.6 is 11.6 Å². The van der Waals surface area contributed by atoms with Crippen LogP contribution in [-0.4, -0.2) is 32.9 Å². The summed E-state index contributed by atoms with van der Waals surface area (Å²) in [6, 6.07) is 7.15. The summed E-state index contributed by atoms with van der Waals surface area (Å²) in [5.41, 5.74) is 1.08. The standard InChI is InChI=1S/C15H20ClN3/c1-11(2)18-8-4-6-12(18)9-15-17-10-13-5-3-7-14(16)19(13)15/h3,5,7,10-12H,4,6,8-9H2,1-2H3. The van der Waals surface area contributed by atoms with Crippen LogP contribution in [0.3, 0.4) is 0 Å². The van der Waals surface area contributed by atoms with Crippen molar-refractivity contribution in [3.63, 3.8) is 0 Å². The topological polar surface area (TPSA) is 20.5 Å². The molecule has 1 saturated heterocycles. The summed E-state index contributed by atoms with van der Waals surface area (Å²) in [7, 11) is 0. The van der Waals surface area contributed by atoms with Crippen molar-refractivity contribution in [2.45, 2.75) is 45.2 Å². The van der Waals surface area contributed by atoms with E-state index in [1.165, 1.54) is 19.4 Å². The van der Waals surface area contributed by atoms with Crippen LogP contribution in [-0.2, 0) is 6.42 Å². The average molecular weight is 278 g/mol. The van der Waals surface area contributed by atoms with E-state index in [-0.39, 0.29) is 0 Å². The van der Waals surface area contributed by atoms with Gasteiger partial charge >= 0.3 is 0 Å². The molecule has 0 amide bonds. The second-order valence-electron chi connectivity index (χ2n) is 5.61. The van der Waals surface area contributed by atoms with E-state index in [0.29, 0.717) is 12.1 Å². The van der Waals surface area contributed by atoms with Gasteiger partial charge in [0.25, 0.3) is 0 Å². The first-order chi connectivity index (χ1) is 9.16. The Bertz CT molecular complexity index is 576. The van der Waals surface area contributed by atoms with E-state index in [2.05, 4.69) is 34.2 Å². The van der Waals surface area contributed by atoms with Gasteiger partial charge in [-0.3, -0.25) is 9.30 Å². The SMILES string of the molecule is CC(C)N1CCCC1Cc1ncc2cccc(Cl)n12. The molecule has 0 radical (unpaired) electrons. The number of likely N-dealkylation sites (tertiary alicyclic amines) is 1. The Morgan fingerprint density at radius 1 is 1.42 bits per heavy atom. The van der Waals surface area contributed by atoms with E-state index in [1.54, 1.807) is 0 Å². The van der Waals surface area contributed by atoms with E-state index < -0.39 is 0 Å². The van der Waals surface area contributed by atoms with Gasteiger partial charge in [0.2, 0.25) is 0 Å². The van der Waals surface area contributed by atoms with Gasteiger partial charge in [0.1, 0.15) is 11.0 Å². The van der Waals surface area contributed by atoms with Crippen LogP contribution < -0.4 is 0 Å². The zero-order valence-corrected chi connectivity index (χ0v) is 12.3.